The summed E-state index contributed by atoms with van der Waals surface area (Å²) < 4.78 is 28.5. The van der Waals surface area contributed by atoms with Crippen LogP contribution in [0.3, 0.4) is 0 Å². The molecule has 7 heteroatoms. The molecule has 164 valence electrons. The van der Waals surface area contributed by atoms with Crippen molar-refractivity contribution < 1.29 is 8.42 Å². The van der Waals surface area contributed by atoms with Crippen molar-refractivity contribution >= 4 is 27.4 Å². The summed E-state index contributed by atoms with van der Waals surface area (Å²) in [4.78, 5) is 6.87. The summed E-state index contributed by atoms with van der Waals surface area (Å²) in [6, 6.07) is 22.6. The summed E-state index contributed by atoms with van der Waals surface area (Å²) in [6.45, 7) is 4.90. The van der Waals surface area contributed by atoms with Gasteiger partial charge in [-0.3, -0.25) is 10.1 Å². The van der Waals surface area contributed by atoms with Crippen LogP contribution in [0.15, 0.2) is 82.7 Å². The molecule has 1 heterocycles. The minimum absolute atomic E-state index is 0.156. The van der Waals surface area contributed by atoms with Gasteiger partial charge in [0, 0.05) is 13.1 Å². The highest BCUT2D eigenvalue weighted by Gasteiger charge is 2.26. The summed E-state index contributed by atoms with van der Waals surface area (Å²) in [7, 11) is -3.92. The van der Waals surface area contributed by atoms with Crippen molar-refractivity contribution in [3.8, 4) is 0 Å². The lowest BCUT2D eigenvalue weighted by Crippen LogP contribution is -2.46. The molecule has 0 atom stereocenters. The van der Waals surface area contributed by atoms with Crippen molar-refractivity contribution in [1.29, 1.82) is 5.41 Å². The standard InChI is InChI=1S/C25H26N4O2S/c1-18-9-3-7-13-22(18)27-25(29-16-15-20-11-5-6-12-21(20)17-29)24(26)28-32(30,31)23-14-8-4-10-19(23)2/h3-14H,15-17H2,1-2H3,(H2,26,28)/b27-25+. The molecule has 0 spiro atoms. The minimum Gasteiger partial charge on any atom is -0.349 e. The van der Waals surface area contributed by atoms with E-state index in [1.807, 2.05) is 48.2 Å². The first kappa shape index (κ1) is 21.8. The molecule has 0 unspecified atom stereocenters. The van der Waals surface area contributed by atoms with Gasteiger partial charge in [0.05, 0.1) is 10.6 Å². The van der Waals surface area contributed by atoms with E-state index in [4.69, 9.17) is 10.4 Å². The van der Waals surface area contributed by atoms with E-state index in [0.29, 0.717) is 30.2 Å². The summed E-state index contributed by atoms with van der Waals surface area (Å²) >= 11 is 0. The molecule has 0 saturated carbocycles. The van der Waals surface area contributed by atoms with Crippen LogP contribution in [0.5, 0.6) is 0 Å². The average Bonchev–Trinajstić information content (AvgIpc) is 2.78. The zero-order chi connectivity index (χ0) is 22.7. The van der Waals surface area contributed by atoms with Crippen LogP contribution in [0.2, 0.25) is 0 Å². The summed E-state index contributed by atoms with van der Waals surface area (Å²) in [5.74, 6) is 0.0712. The molecule has 6 nitrogen and oxygen atoms in total. The van der Waals surface area contributed by atoms with Crippen molar-refractivity contribution in [1.82, 2.24) is 9.62 Å². The molecule has 2 N–H and O–H groups in total. The lowest BCUT2D eigenvalue weighted by atomic mass is 10.00. The number of sulfonamides is 1. The molecule has 0 aliphatic carbocycles. The van der Waals surface area contributed by atoms with E-state index in [0.717, 1.165) is 17.5 Å². The highest BCUT2D eigenvalue weighted by molar-refractivity contribution is 7.90. The van der Waals surface area contributed by atoms with Crippen LogP contribution in [-0.2, 0) is 23.0 Å². The lowest BCUT2D eigenvalue weighted by Gasteiger charge is -2.31. The van der Waals surface area contributed by atoms with Crippen LogP contribution < -0.4 is 4.72 Å². The Morgan fingerprint density at radius 2 is 1.53 bits per heavy atom. The van der Waals surface area contributed by atoms with Crippen LogP contribution in [0.1, 0.15) is 22.3 Å². The predicted molar refractivity (Wildman–Crippen MR) is 128 cm³/mol. The molecule has 3 aromatic carbocycles. The van der Waals surface area contributed by atoms with Crippen LogP contribution in [0.4, 0.5) is 5.69 Å². The first-order valence-corrected chi connectivity index (χ1v) is 12.0. The van der Waals surface area contributed by atoms with Gasteiger partial charge in [-0.2, -0.15) is 0 Å². The van der Waals surface area contributed by atoms with Gasteiger partial charge >= 0.3 is 0 Å². The third kappa shape index (κ3) is 4.57. The maximum atomic E-state index is 13.0. The highest BCUT2D eigenvalue weighted by Crippen LogP contribution is 2.23. The van der Waals surface area contributed by atoms with Gasteiger partial charge in [0.25, 0.3) is 10.0 Å². The number of nitrogens with one attached hydrogen (secondary N) is 2. The number of hydrogen-bond donors (Lipinski definition) is 2. The van der Waals surface area contributed by atoms with Gasteiger partial charge in [0.2, 0.25) is 0 Å². The Balaban J connectivity index is 1.71. The second-order valence-electron chi connectivity index (χ2n) is 7.91. The Morgan fingerprint density at radius 1 is 0.906 bits per heavy atom. The van der Waals surface area contributed by atoms with Gasteiger partial charge in [-0.15, -0.1) is 0 Å². The van der Waals surface area contributed by atoms with Crippen LogP contribution in [0, 0.1) is 19.3 Å². The topological polar surface area (TPSA) is 85.6 Å². The highest BCUT2D eigenvalue weighted by atomic mass is 32.2. The van der Waals surface area contributed by atoms with E-state index >= 15 is 0 Å². The van der Waals surface area contributed by atoms with Crippen molar-refractivity contribution in [3.05, 3.63) is 95.1 Å². The molecular weight excluding hydrogens is 420 g/mol. The number of amidine groups is 2. The Morgan fingerprint density at radius 3 is 2.25 bits per heavy atom. The Hall–Kier alpha value is -3.45. The van der Waals surface area contributed by atoms with Gasteiger partial charge in [-0.25, -0.2) is 13.4 Å². The second-order valence-corrected chi connectivity index (χ2v) is 9.56. The zero-order valence-corrected chi connectivity index (χ0v) is 19.0. The van der Waals surface area contributed by atoms with Crippen molar-refractivity contribution in [3.63, 3.8) is 0 Å². The maximum Gasteiger partial charge on any atom is 0.263 e. The summed E-state index contributed by atoms with van der Waals surface area (Å²) in [5, 5.41) is 8.70. The van der Waals surface area contributed by atoms with Crippen LogP contribution >= 0.6 is 0 Å². The number of aliphatic imine (C=N–C) groups is 1. The Bertz CT molecular complexity index is 1300. The molecule has 3 aromatic rings. The smallest absolute Gasteiger partial charge is 0.263 e. The molecular formula is C25H26N4O2S. The van der Waals surface area contributed by atoms with E-state index in [1.165, 1.54) is 5.56 Å². The minimum atomic E-state index is -3.92. The number of benzene rings is 3. The molecule has 1 aliphatic rings. The molecule has 0 saturated heterocycles. The first-order chi connectivity index (χ1) is 15.3. The Kier molecular flexibility index (Phi) is 6.10. The first-order valence-electron chi connectivity index (χ1n) is 10.5. The van der Waals surface area contributed by atoms with E-state index in [9.17, 15) is 8.42 Å². The molecule has 0 amide bonds. The monoisotopic (exact) mass is 446 g/mol. The summed E-state index contributed by atoms with van der Waals surface area (Å²) in [5.41, 5.74) is 4.71. The van der Waals surface area contributed by atoms with E-state index in [1.54, 1.807) is 31.2 Å². The largest absolute Gasteiger partial charge is 0.349 e. The molecule has 0 bridgehead atoms. The van der Waals surface area contributed by atoms with Gasteiger partial charge in [0.15, 0.2) is 11.7 Å². The number of hydrogen-bond acceptors (Lipinski definition) is 4. The third-order valence-corrected chi connectivity index (χ3v) is 7.13. The second kappa shape index (κ2) is 8.96. The van der Waals surface area contributed by atoms with Crippen molar-refractivity contribution in [2.75, 3.05) is 6.54 Å². The molecule has 1 aliphatic heterocycles. The number of rotatable bonds is 3. The molecule has 4 rings (SSSR count). The number of aryl methyl sites for hydroxylation is 2. The fraction of sp³-hybridized carbons (Fsp3) is 0.200. The molecule has 0 radical (unpaired) electrons. The quantitative estimate of drug-likeness (QED) is 0.463. The Labute approximate surface area is 189 Å². The average molecular weight is 447 g/mol. The number of para-hydroxylation sites is 1. The lowest BCUT2D eigenvalue weighted by molar-refractivity contribution is 0.398. The molecule has 0 fully saturated rings. The number of nitrogens with zero attached hydrogens (tertiary/aromatic N) is 2. The van der Waals surface area contributed by atoms with E-state index in [2.05, 4.69) is 16.9 Å². The van der Waals surface area contributed by atoms with Gasteiger partial charge < -0.3 is 4.90 Å². The number of fused-ring (bicyclic) bond motifs is 1. The van der Waals surface area contributed by atoms with Gasteiger partial charge in [-0.1, -0.05) is 60.7 Å². The van der Waals surface area contributed by atoms with E-state index < -0.39 is 10.0 Å². The van der Waals surface area contributed by atoms with Crippen molar-refractivity contribution in [2.45, 2.75) is 31.7 Å². The van der Waals surface area contributed by atoms with Crippen LogP contribution in [-0.4, -0.2) is 31.5 Å². The predicted octanol–water partition coefficient (Wildman–Crippen LogP) is 4.35. The van der Waals surface area contributed by atoms with Crippen LogP contribution in [0.25, 0.3) is 0 Å². The molecule has 0 aromatic heterocycles. The fourth-order valence-corrected chi connectivity index (χ4v) is 5.08. The maximum absolute atomic E-state index is 13.0. The van der Waals surface area contributed by atoms with Gasteiger partial charge in [0.1, 0.15) is 0 Å². The summed E-state index contributed by atoms with van der Waals surface area (Å²) in [6.07, 6.45) is 0.806. The zero-order valence-electron chi connectivity index (χ0n) is 18.2. The van der Waals surface area contributed by atoms with Crippen molar-refractivity contribution in [2.24, 2.45) is 4.99 Å². The molecule has 32 heavy (non-hydrogen) atoms. The van der Waals surface area contributed by atoms with E-state index in [-0.39, 0.29) is 10.7 Å². The third-order valence-electron chi connectivity index (χ3n) is 5.62. The fourth-order valence-electron chi connectivity index (χ4n) is 3.86. The van der Waals surface area contributed by atoms with Gasteiger partial charge in [-0.05, 0) is 54.7 Å². The SMILES string of the molecule is Cc1ccccc1/N=C(\C(=N)NS(=O)(=O)c1ccccc1C)N1CCc2ccccc2C1. The normalized spacial score (nSPS) is 14.1.